The Kier molecular flexibility index (Phi) is 19.0. The van der Waals surface area contributed by atoms with Gasteiger partial charge in [-0.25, -0.2) is 9.13 Å². The Bertz CT molecular complexity index is 2590. The molecule has 2 fully saturated rings. The molecule has 0 saturated carbocycles. The topological polar surface area (TPSA) is 142 Å². The van der Waals surface area contributed by atoms with Crippen molar-refractivity contribution in [3.05, 3.63) is 117 Å². The highest BCUT2D eigenvalue weighted by atomic mass is 31.2. The molecule has 2 aliphatic rings. The van der Waals surface area contributed by atoms with Crippen molar-refractivity contribution in [3.8, 4) is 23.0 Å². The van der Waals surface area contributed by atoms with Crippen LogP contribution in [0.4, 0.5) is 0 Å². The van der Waals surface area contributed by atoms with Gasteiger partial charge in [-0.15, -0.1) is 0 Å². The fourth-order valence-electron chi connectivity index (χ4n) is 10.1. The third kappa shape index (κ3) is 16.2. The van der Waals surface area contributed by atoms with E-state index in [1.165, 1.54) is 0 Å². The number of benzene rings is 4. The number of rotatable bonds is 14. The maximum atomic E-state index is 16.0. The molecule has 1 spiro atoms. The lowest BCUT2D eigenvalue weighted by Gasteiger charge is -2.43. The van der Waals surface area contributed by atoms with Crippen LogP contribution in [0, 0.1) is 5.41 Å². The summed E-state index contributed by atoms with van der Waals surface area (Å²) in [5, 5.41) is 0. The molecule has 2 heterocycles. The minimum Gasteiger partial charge on any atom is -0.415 e. The lowest BCUT2D eigenvalue weighted by atomic mass is 9.79. The van der Waals surface area contributed by atoms with Crippen LogP contribution in [0.1, 0.15) is 211 Å². The molecule has 2 saturated heterocycles. The third-order valence-electron chi connectivity index (χ3n) is 15.0. The minimum absolute atomic E-state index is 0.124. The predicted molar refractivity (Wildman–Crippen MR) is 334 cm³/mol. The molecule has 16 heteroatoms. The maximum absolute atomic E-state index is 16.0. The molecular formula is C65H100O12P4. The summed E-state index contributed by atoms with van der Waals surface area (Å²) in [5.74, 6) is 1.88. The number of hydrogen-bond acceptors (Lipinski definition) is 12. The second-order valence-electron chi connectivity index (χ2n) is 31.0. The summed E-state index contributed by atoms with van der Waals surface area (Å²) < 4.78 is 114. The van der Waals surface area contributed by atoms with Gasteiger partial charge in [0.1, 0.15) is 23.0 Å². The predicted octanol–water partition coefficient (Wildman–Crippen LogP) is 19.5. The summed E-state index contributed by atoms with van der Waals surface area (Å²) in [7, 11) is -16.5. The van der Waals surface area contributed by atoms with Crippen LogP contribution in [-0.2, 0) is 79.7 Å². The monoisotopic (exact) mass is 1200 g/mol. The van der Waals surface area contributed by atoms with Gasteiger partial charge >= 0.3 is 30.4 Å². The van der Waals surface area contributed by atoms with Crippen molar-refractivity contribution in [1.29, 1.82) is 0 Å². The number of hydrogen-bond donors (Lipinski definition) is 0. The second-order valence-corrected chi connectivity index (χ2v) is 39.5. The molecule has 0 aliphatic carbocycles. The average molecular weight is 1200 g/mol. The Balaban J connectivity index is 1.29. The van der Waals surface area contributed by atoms with E-state index >= 15 is 9.13 Å². The zero-order chi connectivity index (χ0) is 61.2. The Morgan fingerprint density at radius 2 is 0.506 bits per heavy atom. The van der Waals surface area contributed by atoms with Gasteiger partial charge in [-0.1, -0.05) is 239 Å². The minimum atomic E-state index is -4.29. The largest absolute Gasteiger partial charge is 0.431 e. The van der Waals surface area contributed by atoms with Crippen molar-refractivity contribution in [2.45, 2.75) is 209 Å². The van der Waals surface area contributed by atoms with Crippen LogP contribution in [-0.4, -0.2) is 51.1 Å². The summed E-state index contributed by atoms with van der Waals surface area (Å²) >= 11 is 0. The molecule has 12 nitrogen and oxygen atoms in total. The van der Waals surface area contributed by atoms with Crippen LogP contribution in [0.15, 0.2) is 72.8 Å². The molecule has 4 aromatic rings. The van der Waals surface area contributed by atoms with Crippen LogP contribution in [0.5, 0.6) is 23.0 Å². The van der Waals surface area contributed by atoms with E-state index in [2.05, 4.69) is 166 Å². The Hall–Kier alpha value is -3.16. The van der Waals surface area contributed by atoms with E-state index in [9.17, 15) is 9.13 Å². The average Bonchev–Trinajstić information content (AvgIpc) is 3.30. The van der Waals surface area contributed by atoms with Crippen LogP contribution in [0.3, 0.4) is 0 Å². The van der Waals surface area contributed by atoms with Gasteiger partial charge in [-0.3, -0.25) is 9.13 Å². The maximum Gasteiger partial charge on any atom is 0.431 e. The van der Waals surface area contributed by atoms with E-state index < -0.39 is 79.1 Å². The van der Waals surface area contributed by atoms with E-state index in [4.69, 9.17) is 36.2 Å². The first-order valence-electron chi connectivity index (χ1n) is 28.8. The van der Waals surface area contributed by atoms with Crippen molar-refractivity contribution < 1.29 is 54.5 Å². The van der Waals surface area contributed by atoms with Gasteiger partial charge in [0.15, 0.2) is 0 Å². The fraction of sp³-hybridized carbons (Fsp3) is 0.631. The van der Waals surface area contributed by atoms with E-state index in [1.54, 1.807) is 0 Å². The molecule has 81 heavy (non-hydrogen) atoms. The van der Waals surface area contributed by atoms with Gasteiger partial charge < -0.3 is 36.2 Å². The van der Waals surface area contributed by atoms with Crippen LogP contribution >= 0.6 is 30.4 Å². The Morgan fingerprint density at radius 3 is 0.654 bits per heavy atom. The van der Waals surface area contributed by atoms with Crippen molar-refractivity contribution in [1.82, 2.24) is 0 Å². The van der Waals surface area contributed by atoms with Crippen LogP contribution in [0.25, 0.3) is 0 Å². The van der Waals surface area contributed by atoms with Crippen molar-refractivity contribution in [2.24, 2.45) is 5.41 Å². The summed E-state index contributed by atoms with van der Waals surface area (Å²) in [4.78, 5) is 0. The smallest absolute Gasteiger partial charge is 0.415 e. The van der Waals surface area contributed by atoms with E-state index in [1.807, 2.05) is 72.8 Å². The molecule has 452 valence electrons. The van der Waals surface area contributed by atoms with Crippen LogP contribution in [0.2, 0.25) is 0 Å². The fourth-order valence-corrected chi connectivity index (χ4v) is 18.9. The molecule has 0 amide bonds. The van der Waals surface area contributed by atoms with E-state index in [0.29, 0.717) is 23.0 Å². The second kappa shape index (κ2) is 22.9. The SMILES string of the molecule is CC(C)(C)c1cccc(C(C)(C)C)c1OP(=O)(CCP1(=O)OCC2(CO1)COP(=O)(CCP(=O)(Oc1c(C(C)(C)C)cccc1C(C)(C)C)Oc1c(C(C)(C)C)cccc1C(C)(C)C)OC2)Oc1c(C(C)(C)C)cccc1C(C)(C)C. The first kappa shape index (κ1) is 67.0. The molecule has 4 aromatic carbocycles. The highest BCUT2D eigenvalue weighted by molar-refractivity contribution is 7.59. The zero-order valence-electron chi connectivity index (χ0n) is 53.8. The summed E-state index contributed by atoms with van der Waals surface area (Å²) in [6.45, 7) is 49.6. The van der Waals surface area contributed by atoms with Gasteiger partial charge in [-0.2, -0.15) is 0 Å². The molecule has 0 radical (unpaired) electrons. The van der Waals surface area contributed by atoms with Gasteiger partial charge in [-0.05, 0) is 43.3 Å². The molecule has 6 rings (SSSR count). The number of para-hydroxylation sites is 4. The van der Waals surface area contributed by atoms with Gasteiger partial charge in [0, 0.05) is 44.5 Å². The highest BCUT2D eigenvalue weighted by Crippen LogP contribution is 2.65. The molecule has 0 N–H and O–H groups in total. The quantitative estimate of drug-likeness (QED) is 0.111. The Labute approximate surface area is 488 Å². The summed E-state index contributed by atoms with van der Waals surface area (Å²) in [6, 6.07) is 23.9. The summed E-state index contributed by atoms with van der Waals surface area (Å²) in [6.07, 6.45) is -1.18. The van der Waals surface area contributed by atoms with Crippen molar-refractivity contribution >= 4 is 30.4 Å². The lowest BCUT2D eigenvalue weighted by Crippen LogP contribution is -2.46. The molecule has 0 bridgehead atoms. The normalized spacial score (nSPS) is 21.2. The Morgan fingerprint density at radius 1 is 0.346 bits per heavy atom. The zero-order valence-corrected chi connectivity index (χ0v) is 57.4. The van der Waals surface area contributed by atoms with Gasteiger partial charge in [0.25, 0.3) is 0 Å². The lowest BCUT2D eigenvalue weighted by molar-refractivity contribution is -0.0681. The van der Waals surface area contributed by atoms with Gasteiger partial charge in [0.2, 0.25) is 0 Å². The van der Waals surface area contributed by atoms with E-state index in [0.717, 1.165) is 44.5 Å². The molecule has 0 unspecified atom stereocenters. The first-order valence-corrected chi connectivity index (χ1v) is 35.7. The molecule has 0 aromatic heterocycles. The molecule has 2 aliphatic heterocycles. The van der Waals surface area contributed by atoms with E-state index in [-0.39, 0.29) is 51.1 Å². The highest BCUT2D eigenvalue weighted by Gasteiger charge is 2.51. The molecule has 0 atom stereocenters. The van der Waals surface area contributed by atoms with Crippen molar-refractivity contribution in [2.75, 3.05) is 51.1 Å². The van der Waals surface area contributed by atoms with Crippen molar-refractivity contribution in [3.63, 3.8) is 0 Å². The van der Waals surface area contributed by atoms with Gasteiger partial charge in [0.05, 0.1) is 56.5 Å². The third-order valence-corrected chi connectivity index (χ3v) is 22.7. The molecular weight excluding hydrogens is 1100 g/mol. The first-order chi connectivity index (χ1) is 36.5. The summed E-state index contributed by atoms with van der Waals surface area (Å²) in [5.41, 5.74) is 2.62. The standard InChI is InChI=1S/C65H100O12P4/c1-57(2,3)45-29-25-30-46(58(4,5)6)53(45)74-80(68,75-54-47(59(7,8)9)31-26-32-48(54)60(10,11)12)39-37-78(66)70-41-65(42-71-78)43-72-79(67,73-44-65)38-40-81(69,76-55-49(61(13,14)15)33-27-34-50(55)62(16,17)18)77-56-51(63(19,20)21)35-28-36-52(56)64(22,23)24/h25-36H,37-44H2,1-24H3. The van der Waals surface area contributed by atoms with Crippen LogP contribution < -0.4 is 18.1 Å².